The Labute approximate surface area is 294 Å². The summed E-state index contributed by atoms with van der Waals surface area (Å²) in [5.41, 5.74) is 10.3. The van der Waals surface area contributed by atoms with Crippen LogP contribution in [-0.2, 0) is 43.2 Å². The van der Waals surface area contributed by atoms with E-state index in [0.29, 0.717) is 19.4 Å². The summed E-state index contributed by atoms with van der Waals surface area (Å²) < 4.78 is 0. The molecule has 0 aromatic rings. The number of rotatable bonds is 20. The van der Waals surface area contributed by atoms with Crippen LogP contribution in [0.2, 0.25) is 0 Å². The zero-order valence-electron chi connectivity index (χ0n) is 29.1. The highest BCUT2D eigenvalue weighted by atomic mass is 16.4. The van der Waals surface area contributed by atoms with Crippen molar-refractivity contribution in [2.24, 2.45) is 17.4 Å². The molecule has 286 valence electrons. The summed E-state index contributed by atoms with van der Waals surface area (Å²) in [5, 5.41) is 34.4. The molecule has 2 saturated heterocycles. The molecule has 7 atom stereocenters. The van der Waals surface area contributed by atoms with Gasteiger partial charge in [-0.3, -0.25) is 38.4 Å². The first-order valence-electron chi connectivity index (χ1n) is 16.9. The second kappa shape index (κ2) is 20.1. The quantitative estimate of drug-likeness (QED) is 0.0567. The summed E-state index contributed by atoms with van der Waals surface area (Å²) in [7, 11) is 0. The van der Waals surface area contributed by atoms with Crippen molar-refractivity contribution >= 4 is 53.2 Å². The van der Waals surface area contributed by atoms with Gasteiger partial charge in [0.25, 0.3) is 0 Å². The third-order valence-corrected chi connectivity index (χ3v) is 8.62. The van der Waals surface area contributed by atoms with E-state index >= 15 is 0 Å². The van der Waals surface area contributed by atoms with Crippen LogP contribution in [0.5, 0.6) is 0 Å². The monoisotopic (exact) mass is 725 g/mol. The smallest absolute Gasteiger partial charge is 0.326 e. The number of nitrogens with two attached hydrogens (primary N) is 2. The molecule has 0 aromatic carbocycles. The maximum atomic E-state index is 13.8. The van der Waals surface area contributed by atoms with Crippen LogP contribution in [0.15, 0.2) is 0 Å². The summed E-state index contributed by atoms with van der Waals surface area (Å²) in [6.07, 6.45) is 1.05. The Morgan fingerprint density at radius 1 is 0.745 bits per heavy atom. The fourth-order valence-electron chi connectivity index (χ4n) is 5.67. The molecule has 0 saturated carbocycles. The fourth-order valence-corrected chi connectivity index (χ4v) is 5.67. The summed E-state index contributed by atoms with van der Waals surface area (Å²) in [6.45, 7) is 4.48. The van der Waals surface area contributed by atoms with Gasteiger partial charge in [-0.25, -0.2) is 4.79 Å². The van der Waals surface area contributed by atoms with Gasteiger partial charge in [0.15, 0.2) is 0 Å². The molecule has 2 aliphatic heterocycles. The van der Waals surface area contributed by atoms with E-state index in [2.05, 4.69) is 31.9 Å². The van der Waals surface area contributed by atoms with Crippen LogP contribution in [0.1, 0.15) is 72.1 Å². The second-order valence-electron chi connectivity index (χ2n) is 13.0. The summed E-state index contributed by atoms with van der Waals surface area (Å²) in [6, 6.07) is -8.23. The molecular weight excluding hydrogens is 674 g/mol. The van der Waals surface area contributed by atoms with E-state index in [1.807, 2.05) is 0 Å². The standard InChI is InChI=1S/C31H51N9O11/c1-15(2)24(39-27(46)18(8-10-22(32)42)36-26(45)17-6-4-12-34-17)30(49)40-13-5-7-21(40)29(48)38-20(14-41)28(47)35-16(3)25(44)37-19(31(50)51)9-11-23(33)43/h15-21,24,34,41H,4-14H2,1-3H3,(H2,32,42)(H2,33,43)(H,35,47)(H,36,45)(H,37,44)(H,38,48)(H,39,46)(H,50,51)/t16-,17-,18-,19-,20-,21-,24-/m0/s1. The first-order chi connectivity index (χ1) is 24.0. The van der Waals surface area contributed by atoms with Crippen molar-refractivity contribution in [2.45, 2.75) is 114 Å². The number of aliphatic carboxylic acids is 1. The first-order valence-corrected chi connectivity index (χ1v) is 16.9. The van der Waals surface area contributed by atoms with Crippen molar-refractivity contribution in [3.63, 3.8) is 0 Å². The van der Waals surface area contributed by atoms with Gasteiger partial charge >= 0.3 is 5.97 Å². The average molecular weight is 726 g/mol. The minimum Gasteiger partial charge on any atom is -0.480 e. The molecule has 0 aromatic heterocycles. The molecule has 20 nitrogen and oxygen atoms in total. The topological polar surface area (TPSA) is 322 Å². The van der Waals surface area contributed by atoms with Gasteiger partial charge in [0, 0.05) is 19.4 Å². The van der Waals surface area contributed by atoms with Gasteiger partial charge in [0.05, 0.1) is 12.6 Å². The van der Waals surface area contributed by atoms with Crippen molar-refractivity contribution < 1.29 is 53.4 Å². The van der Waals surface area contributed by atoms with Crippen LogP contribution < -0.4 is 43.4 Å². The lowest BCUT2D eigenvalue weighted by molar-refractivity contribution is -0.143. The largest absolute Gasteiger partial charge is 0.480 e. The molecule has 2 heterocycles. The molecule has 0 unspecified atom stereocenters. The number of carbonyl (C=O) groups excluding carboxylic acids is 8. The number of carbonyl (C=O) groups is 9. The van der Waals surface area contributed by atoms with E-state index in [-0.39, 0.29) is 38.6 Å². The van der Waals surface area contributed by atoms with Crippen molar-refractivity contribution in [1.82, 2.24) is 36.8 Å². The van der Waals surface area contributed by atoms with E-state index in [1.54, 1.807) is 13.8 Å². The van der Waals surface area contributed by atoms with Crippen LogP contribution in [0.25, 0.3) is 0 Å². The van der Waals surface area contributed by atoms with Crippen LogP contribution >= 0.6 is 0 Å². The number of nitrogens with zero attached hydrogens (tertiary/aromatic N) is 1. The Bertz CT molecular complexity index is 1320. The third kappa shape index (κ3) is 13.1. The van der Waals surface area contributed by atoms with E-state index in [9.17, 15) is 53.4 Å². The number of hydrogen-bond acceptors (Lipinski definition) is 11. The molecule has 2 fully saturated rings. The van der Waals surface area contributed by atoms with Crippen molar-refractivity contribution in [1.29, 1.82) is 0 Å². The summed E-state index contributed by atoms with van der Waals surface area (Å²) in [4.78, 5) is 114. The zero-order valence-corrected chi connectivity index (χ0v) is 29.1. The Morgan fingerprint density at radius 3 is 1.86 bits per heavy atom. The van der Waals surface area contributed by atoms with Crippen LogP contribution in [0.3, 0.4) is 0 Å². The molecule has 0 spiro atoms. The number of nitrogens with one attached hydrogen (secondary N) is 6. The lowest BCUT2D eigenvalue weighted by atomic mass is 10.0. The van der Waals surface area contributed by atoms with Crippen molar-refractivity contribution in [2.75, 3.05) is 19.7 Å². The number of likely N-dealkylation sites (tertiary alicyclic amines) is 1. The molecule has 0 aliphatic carbocycles. The van der Waals surface area contributed by atoms with Gasteiger partial charge < -0.3 is 58.5 Å². The van der Waals surface area contributed by atoms with Gasteiger partial charge in [0.2, 0.25) is 47.3 Å². The lowest BCUT2D eigenvalue weighted by Gasteiger charge is -2.32. The summed E-state index contributed by atoms with van der Waals surface area (Å²) >= 11 is 0. The molecule has 12 N–H and O–H groups in total. The van der Waals surface area contributed by atoms with E-state index < -0.39 is 108 Å². The second-order valence-corrected chi connectivity index (χ2v) is 13.0. The Morgan fingerprint density at radius 2 is 1.33 bits per heavy atom. The van der Waals surface area contributed by atoms with Crippen molar-refractivity contribution in [3.8, 4) is 0 Å². The van der Waals surface area contributed by atoms with Gasteiger partial charge in [-0.1, -0.05) is 13.8 Å². The van der Waals surface area contributed by atoms with E-state index in [1.165, 1.54) is 11.8 Å². The van der Waals surface area contributed by atoms with E-state index in [4.69, 9.17) is 11.5 Å². The van der Waals surface area contributed by atoms with Crippen molar-refractivity contribution in [3.05, 3.63) is 0 Å². The van der Waals surface area contributed by atoms with Gasteiger partial charge in [-0.2, -0.15) is 0 Å². The van der Waals surface area contributed by atoms with Crippen LogP contribution in [-0.4, -0.2) is 130 Å². The maximum Gasteiger partial charge on any atom is 0.326 e. The maximum absolute atomic E-state index is 13.8. The number of amides is 8. The predicted octanol–water partition coefficient (Wildman–Crippen LogP) is -4.56. The SMILES string of the molecule is CC(C)[C@H](NC(=O)[C@H](CCC(N)=O)NC(=O)[C@@H]1CCCN1)C(=O)N1CCC[C@H]1C(=O)N[C@@H](CO)C(=O)N[C@@H](C)C(=O)N[C@@H](CCC(N)=O)C(=O)O. The van der Waals surface area contributed by atoms with Gasteiger partial charge in [0.1, 0.15) is 36.3 Å². The average Bonchev–Trinajstić information content (AvgIpc) is 3.78. The van der Waals surface area contributed by atoms with Crippen LogP contribution in [0, 0.1) is 5.92 Å². The van der Waals surface area contributed by atoms with Gasteiger partial charge in [-0.05, 0) is 57.9 Å². The Balaban J connectivity index is 2.08. The highest BCUT2D eigenvalue weighted by Crippen LogP contribution is 2.21. The number of primary amides is 2. The molecule has 0 radical (unpaired) electrons. The fraction of sp³-hybridized carbons (Fsp3) is 0.710. The van der Waals surface area contributed by atoms with Crippen LogP contribution in [0.4, 0.5) is 0 Å². The predicted molar refractivity (Wildman–Crippen MR) is 178 cm³/mol. The lowest BCUT2D eigenvalue weighted by Crippen LogP contribution is -2.60. The Kier molecular flexibility index (Phi) is 16.7. The number of hydrogen-bond donors (Lipinski definition) is 10. The molecule has 2 rings (SSSR count). The molecule has 20 heteroatoms. The summed E-state index contributed by atoms with van der Waals surface area (Å²) in [5.74, 6) is -7.77. The highest BCUT2D eigenvalue weighted by Gasteiger charge is 2.41. The molecule has 0 bridgehead atoms. The zero-order chi connectivity index (χ0) is 38.4. The molecule has 8 amide bonds. The van der Waals surface area contributed by atoms with Gasteiger partial charge in [-0.15, -0.1) is 0 Å². The molecule has 2 aliphatic rings. The Hall–Kier alpha value is -4.85. The number of aliphatic hydroxyl groups excluding tert-OH is 1. The highest BCUT2D eigenvalue weighted by molar-refractivity contribution is 5.97. The normalized spacial score (nSPS) is 19.9. The number of carboxylic acids is 1. The first kappa shape index (κ1) is 42.3. The molecule has 51 heavy (non-hydrogen) atoms. The number of carboxylic acid groups (broad SMARTS) is 1. The minimum absolute atomic E-state index is 0.103. The number of aliphatic hydroxyl groups is 1. The third-order valence-electron chi connectivity index (χ3n) is 8.62. The minimum atomic E-state index is -1.56. The van der Waals surface area contributed by atoms with E-state index in [0.717, 1.165) is 6.42 Å². The molecular formula is C31H51N9O11.